The molecule has 6 nitrogen and oxygen atoms in total. The molecule has 0 radical (unpaired) electrons. The Balaban J connectivity index is 2.09. The van der Waals surface area contributed by atoms with Crippen molar-refractivity contribution in [1.29, 1.82) is 0 Å². The fourth-order valence-electron chi connectivity index (χ4n) is 2.99. The predicted molar refractivity (Wildman–Crippen MR) is 94.8 cm³/mol. The first-order chi connectivity index (χ1) is 11.4. The Morgan fingerprint density at radius 2 is 1.92 bits per heavy atom. The number of hydrogen-bond donors (Lipinski definition) is 1. The van der Waals surface area contributed by atoms with Crippen molar-refractivity contribution in [1.82, 2.24) is 5.32 Å². The van der Waals surface area contributed by atoms with Crippen LogP contribution >= 0.6 is 0 Å². The highest BCUT2D eigenvalue weighted by Gasteiger charge is 2.23. The zero-order chi connectivity index (χ0) is 17.6. The normalized spacial score (nSPS) is 16.2. The summed E-state index contributed by atoms with van der Waals surface area (Å²) in [5.74, 6) is 0.278. The first-order valence-electron chi connectivity index (χ1n) is 8.31. The van der Waals surface area contributed by atoms with Crippen molar-refractivity contribution in [2.75, 3.05) is 24.2 Å². The third-order valence-corrected chi connectivity index (χ3v) is 5.39. The maximum atomic E-state index is 12.4. The molecule has 0 aliphatic heterocycles. The number of amides is 1. The van der Waals surface area contributed by atoms with Crippen molar-refractivity contribution in [3.05, 3.63) is 24.3 Å². The summed E-state index contributed by atoms with van der Waals surface area (Å²) >= 11 is 0. The van der Waals surface area contributed by atoms with Crippen molar-refractivity contribution in [3.8, 4) is 5.75 Å². The number of ether oxygens (including phenoxy) is 1. The Hall–Kier alpha value is -1.76. The van der Waals surface area contributed by atoms with Gasteiger partial charge in [-0.3, -0.25) is 9.10 Å². The van der Waals surface area contributed by atoms with E-state index in [9.17, 15) is 13.2 Å². The highest BCUT2D eigenvalue weighted by molar-refractivity contribution is 7.92. The quantitative estimate of drug-likeness (QED) is 0.796. The number of sulfonamides is 1. The standard InChI is InChI=1S/C17H26N2O4S/c1-23-16-11-7-10-15(12-16)19(24(2,21)22)13-17(20)18-14-8-5-3-4-6-9-14/h7,10-12,14H,3-6,8-9,13H2,1-2H3,(H,18,20). The van der Waals surface area contributed by atoms with Crippen LogP contribution in [0.15, 0.2) is 24.3 Å². The molecule has 0 spiro atoms. The van der Waals surface area contributed by atoms with Gasteiger partial charge in [-0.25, -0.2) is 8.42 Å². The molecule has 1 aliphatic rings. The number of nitrogens with one attached hydrogen (secondary N) is 1. The van der Waals surface area contributed by atoms with Crippen molar-refractivity contribution < 1.29 is 17.9 Å². The second-order valence-electron chi connectivity index (χ2n) is 6.23. The van der Waals surface area contributed by atoms with Crippen LogP contribution in [0.3, 0.4) is 0 Å². The summed E-state index contributed by atoms with van der Waals surface area (Å²) in [7, 11) is -2.05. The van der Waals surface area contributed by atoms with Gasteiger partial charge in [0.1, 0.15) is 12.3 Å². The van der Waals surface area contributed by atoms with Gasteiger partial charge in [0, 0.05) is 12.1 Å². The largest absolute Gasteiger partial charge is 0.497 e. The van der Waals surface area contributed by atoms with Gasteiger partial charge >= 0.3 is 0 Å². The van der Waals surface area contributed by atoms with Gasteiger partial charge in [0.15, 0.2) is 0 Å². The highest BCUT2D eigenvalue weighted by Crippen LogP contribution is 2.23. The van der Waals surface area contributed by atoms with E-state index >= 15 is 0 Å². The molecular weight excluding hydrogens is 328 g/mol. The van der Waals surface area contributed by atoms with Crippen LogP contribution in [-0.4, -0.2) is 40.3 Å². The average molecular weight is 354 g/mol. The number of carbonyl (C=O) groups is 1. The highest BCUT2D eigenvalue weighted by atomic mass is 32.2. The van der Waals surface area contributed by atoms with E-state index in [-0.39, 0.29) is 18.5 Å². The summed E-state index contributed by atoms with van der Waals surface area (Å²) < 4.78 is 30.5. The fourth-order valence-corrected chi connectivity index (χ4v) is 3.84. The molecule has 0 aromatic heterocycles. The second-order valence-corrected chi connectivity index (χ2v) is 8.13. The van der Waals surface area contributed by atoms with Crippen LogP contribution in [0.1, 0.15) is 38.5 Å². The zero-order valence-corrected chi connectivity index (χ0v) is 15.1. The van der Waals surface area contributed by atoms with E-state index in [1.165, 1.54) is 20.0 Å². The minimum Gasteiger partial charge on any atom is -0.497 e. The molecule has 1 aromatic carbocycles. The molecule has 0 bridgehead atoms. The van der Waals surface area contributed by atoms with Gasteiger partial charge in [0.05, 0.1) is 19.1 Å². The lowest BCUT2D eigenvalue weighted by Crippen LogP contribution is -2.44. The Bertz CT molecular complexity index is 652. The number of carbonyl (C=O) groups excluding carboxylic acids is 1. The molecule has 1 fully saturated rings. The fraction of sp³-hybridized carbons (Fsp3) is 0.588. The van der Waals surface area contributed by atoms with E-state index in [1.807, 2.05) is 0 Å². The van der Waals surface area contributed by atoms with Gasteiger partial charge in [-0.05, 0) is 25.0 Å². The molecule has 0 heterocycles. The van der Waals surface area contributed by atoms with Crippen LogP contribution in [0.5, 0.6) is 5.75 Å². The summed E-state index contributed by atoms with van der Waals surface area (Å²) in [6.45, 7) is -0.220. The van der Waals surface area contributed by atoms with Crippen LogP contribution in [0.4, 0.5) is 5.69 Å². The Morgan fingerprint density at radius 1 is 1.25 bits per heavy atom. The third-order valence-electron chi connectivity index (χ3n) is 4.25. The second kappa shape index (κ2) is 8.37. The van der Waals surface area contributed by atoms with Gasteiger partial charge in [-0.2, -0.15) is 0 Å². The van der Waals surface area contributed by atoms with Crippen molar-refractivity contribution in [2.24, 2.45) is 0 Å². The molecule has 24 heavy (non-hydrogen) atoms. The smallest absolute Gasteiger partial charge is 0.240 e. The van der Waals surface area contributed by atoms with E-state index in [4.69, 9.17) is 4.74 Å². The Kier molecular flexibility index (Phi) is 6.48. The lowest BCUT2D eigenvalue weighted by atomic mass is 10.1. The molecular formula is C17H26N2O4S. The Morgan fingerprint density at radius 3 is 2.50 bits per heavy atom. The summed E-state index contributed by atoms with van der Waals surface area (Å²) in [5, 5.41) is 2.98. The number of benzene rings is 1. The summed E-state index contributed by atoms with van der Waals surface area (Å²) in [4.78, 5) is 12.4. The summed E-state index contributed by atoms with van der Waals surface area (Å²) in [6, 6.07) is 6.85. The predicted octanol–water partition coefficient (Wildman–Crippen LogP) is 2.30. The van der Waals surface area contributed by atoms with Gasteiger partial charge in [-0.1, -0.05) is 31.7 Å². The van der Waals surface area contributed by atoms with Crippen LogP contribution in [0, 0.1) is 0 Å². The maximum Gasteiger partial charge on any atom is 0.240 e. The summed E-state index contributed by atoms with van der Waals surface area (Å²) in [6.07, 6.45) is 7.64. The zero-order valence-electron chi connectivity index (χ0n) is 14.3. The van der Waals surface area contributed by atoms with Crippen molar-refractivity contribution >= 4 is 21.6 Å². The first-order valence-corrected chi connectivity index (χ1v) is 10.2. The number of anilines is 1. The first kappa shape index (κ1) is 18.6. The third kappa shape index (κ3) is 5.40. The lowest BCUT2D eigenvalue weighted by molar-refractivity contribution is -0.120. The molecule has 1 aliphatic carbocycles. The molecule has 1 aromatic rings. The van der Waals surface area contributed by atoms with Gasteiger partial charge in [-0.15, -0.1) is 0 Å². The monoisotopic (exact) mass is 354 g/mol. The number of rotatable bonds is 6. The van der Waals surface area contributed by atoms with E-state index in [1.54, 1.807) is 24.3 Å². The molecule has 2 rings (SSSR count). The summed E-state index contributed by atoms with van der Waals surface area (Å²) in [5.41, 5.74) is 0.424. The molecule has 0 atom stereocenters. The van der Waals surface area contributed by atoms with Gasteiger partial charge in [0.25, 0.3) is 0 Å². The molecule has 0 unspecified atom stereocenters. The SMILES string of the molecule is COc1cccc(N(CC(=O)NC2CCCCCC2)S(C)(=O)=O)c1. The van der Waals surface area contributed by atoms with Crippen LogP contribution < -0.4 is 14.4 Å². The molecule has 0 saturated heterocycles. The molecule has 7 heteroatoms. The van der Waals surface area contributed by atoms with Crippen LogP contribution in [0.25, 0.3) is 0 Å². The van der Waals surface area contributed by atoms with Crippen molar-refractivity contribution in [3.63, 3.8) is 0 Å². The average Bonchev–Trinajstić information content (AvgIpc) is 2.80. The van der Waals surface area contributed by atoms with Crippen LogP contribution in [0.2, 0.25) is 0 Å². The topological polar surface area (TPSA) is 75.7 Å². The molecule has 1 amide bonds. The molecule has 1 N–H and O–H groups in total. The minimum atomic E-state index is -3.57. The van der Waals surface area contributed by atoms with E-state index in [0.29, 0.717) is 11.4 Å². The number of hydrogen-bond acceptors (Lipinski definition) is 4. The minimum absolute atomic E-state index is 0.145. The van der Waals surface area contributed by atoms with Crippen molar-refractivity contribution in [2.45, 2.75) is 44.6 Å². The maximum absolute atomic E-state index is 12.4. The lowest BCUT2D eigenvalue weighted by Gasteiger charge is -2.24. The van der Waals surface area contributed by atoms with E-state index < -0.39 is 10.0 Å². The van der Waals surface area contributed by atoms with Gasteiger partial charge in [0.2, 0.25) is 15.9 Å². The molecule has 1 saturated carbocycles. The van der Waals surface area contributed by atoms with Crippen LogP contribution in [-0.2, 0) is 14.8 Å². The number of methoxy groups -OCH3 is 1. The Labute approximate surface area is 144 Å². The molecule has 134 valence electrons. The number of nitrogens with zero attached hydrogens (tertiary/aromatic N) is 1. The van der Waals surface area contributed by atoms with Gasteiger partial charge < -0.3 is 10.1 Å². The van der Waals surface area contributed by atoms with E-state index in [2.05, 4.69) is 5.32 Å². The van der Waals surface area contributed by atoms with E-state index in [0.717, 1.165) is 36.2 Å².